The molecule has 3 nitrogen and oxygen atoms in total. The molecular weight excluding hydrogens is 226 g/mol. The summed E-state index contributed by atoms with van der Waals surface area (Å²) in [6.45, 7) is 11.0. The average molecular weight is 249 g/mol. The third kappa shape index (κ3) is 4.06. The van der Waals surface area contributed by atoms with Gasteiger partial charge in [0.15, 0.2) is 0 Å². The average Bonchev–Trinajstić information content (AvgIpc) is 2.26. The summed E-state index contributed by atoms with van der Waals surface area (Å²) in [6, 6.07) is 4.21. The zero-order valence-corrected chi connectivity index (χ0v) is 12.0. The second-order valence-corrected chi connectivity index (χ2v) is 5.02. The highest BCUT2D eigenvalue weighted by Crippen LogP contribution is 2.24. The number of carbonyl (C=O) groups excluding carboxylic acids is 1. The Balaban J connectivity index is 2.47. The molecule has 1 aromatic rings. The zero-order chi connectivity index (χ0) is 13.7. The second kappa shape index (κ2) is 6.43. The van der Waals surface area contributed by atoms with Gasteiger partial charge >= 0.3 is 0 Å². The van der Waals surface area contributed by atoms with Crippen molar-refractivity contribution in [2.24, 2.45) is 5.92 Å². The van der Waals surface area contributed by atoms with E-state index in [9.17, 15) is 4.79 Å². The maximum Gasteiger partial charge on any atom is 0.222 e. The molecule has 1 N–H and O–H groups in total. The van der Waals surface area contributed by atoms with Crippen LogP contribution in [0.4, 0.5) is 0 Å². The van der Waals surface area contributed by atoms with Gasteiger partial charge in [-0.2, -0.15) is 0 Å². The molecule has 0 bridgehead atoms. The summed E-state index contributed by atoms with van der Waals surface area (Å²) in [5.74, 6) is 1.02. The number of hydrogen-bond acceptors (Lipinski definition) is 2. The minimum atomic E-state index is 0.0212. The Hall–Kier alpha value is -1.51. The lowest BCUT2D eigenvalue weighted by Crippen LogP contribution is -2.31. The summed E-state index contributed by atoms with van der Waals surface area (Å²) in [4.78, 5) is 11.4. The fourth-order valence-corrected chi connectivity index (χ4v) is 1.93. The summed E-state index contributed by atoms with van der Waals surface area (Å²) in [7, 11) is 0. The molecule has 0 unspecified atom stereocenters. The SMILES string of the molecule is Cc1cc(C)c(OCCNC(=O)C(C)C)c(C)c1. The molecule has 18 heavy (non-hydrogen) atoms. The molecule has 0 radical (unpaired) electrons. The van der Waals surface area contributed by atoms with Crippen molar-refractivity contribution < 1.29 is 9.53 Å². The first-order valence-electron chi connectivity index (χ1n) is 6.40. The van der Waals surface area contributed by atoms with E-state index < -0.39 is 0 Å². The van der Waals surface area contributed by atoms with Crippen molar-refractivity contribution >= 4 is 5.91 Å². The largest absolute Gasteiger partial charge is 0.491 e. The van der Waals surface area contributed by atoms with Crippen molar-refractivity contribution in [1.82, 2.24) is 5.32 Å². The molecule has 1 rings (SSSR count). The first kappa shape index (κ1) is 14.6. The molecular formula is C15H23NO2. The molecule has 0 fully saturated rings. The Morgan fingerprint density at radius 3 is 2.28 bits per heavy atom. The Morgan fingerprint density at radius 1 is 1.22 bits per heavy atom. The van der Waals surface area contributed by atoms with Crippen LogP contribution in [0.2, 0.25) is 0 Å². The second-order valence-electron chi connectivity index (χ2n) is 5.02. The highest BCUT2D eigenvalue weighted by atomic mass is 16.5. The number of amides is 1. The zero-order valence-electron chi connectivity index (χ0n) is 12.0. The molecule has 3 heteroatoms. The predicted octanol–water partition coefficient (Wildman–Crippen LogP) is 2.76. The summed E-state index contributed by atoms with van der Waals surface area (Å²) in [5.41, 5.74) is 3.52. The van der Waals surface area contributed by atoms with E-state index in [4.69, 9.17) is 4.74 Å². The number of ether oxygens (including phenoxy) is 1. The van der Waals surface area contributed by atoms with Crippen molar-refractivity contribution in [2.45, 2.75) is 34.6 Å². The number of aryl methyl sites for hydroxylation is 3. The van der Waals surface area contributed by atoms with Gasteiger partial charge in [-0.15, -0.1) is 0 Å². The smallest absolute Gasteiger partial charge is 0.222 e. The van der Waals surface area contributed by atoms with E-state index in [1.54, 1.807) is 0 Å². The molecule has 0 atom stereocenters. The van der Waals surface area contributed by atoms with Crippen LogP contribution in [0.15, 0.2) is 12.1 Å². The maximum atomic E-state index is 11.4. The normalized spacial score (nSPS) is 10.6. The summed E-state index contributed by atoms with van der Waals surface area (Å²) >= 11 is 0. The van der Waals surface area contributed by atoms with Crippen LogP contribution in [-0.2, 0) is 4.79 Å². The van der Waals surface area contributed by atoms with Crippen LogP contribution >= 0.6 is 0 Å². The number of hydrogen-bond donors (Lipinski definition) is 1. The first-order valence-corrected chi connectivity index (χ1v) is 6.40. The maximum absolute atomic E-state index is 11.4. The van der Waals surface area contributed by atoms with Gasteiger partial charge in [0.05, 0.1) is 6.54 Å². The molecule has 0 spiro atoms. The van der Waals surface area contributed by atoms with Gasteiger partial charge in [0.25, 0.3) is 0 Å². The number of rotatable bonds is 5. The molecule has 0 saturated heterocycles. The van der Waals surface area contributed by atoms with Gasteiger partial charge < -0.3 is 10.1 Å². The Kier molecular flexibility index (Phi) is 5.20. The van der Waals surface area contributed by atoms with Gasteiger partial charge in [-0.25, -0.2) is 0 Å². The van der Waals surface area contributed by atoms with Crippen LogP contribution in [0.1, 0.15) is 30.5 Å². The summed E-state index contributed by atoms with van der Waals surface area (Å²) in [5, 5.41) is 2.84. The van der Waals surface area contributed by atoms with Gasteiger partial charge in [0, 0.05) is 5.92 Å². The lowest BCUT2D eigenvalue weighted by atomic mass is 10.1. The molecule has 1 aromatic carbocycles. The van der Waals surface area contributed by atoms with Crippen LogP contribution in [0.25, 0.3) is 0 Å². The monoisotopic (exact) mass is 249 g/mol. The molecule has 1 amide bonds. The van der Waals surface area contributed by atoms with Crippen molar-refractivity contribution in [3.05, 3.63) is 28.8 Å². The lowest BCUT2D eigenvalue weighted by Gasteiger charge is -2.14. The van der Waals surface area contributed by atoms with E-state index in [0.29, 0.717) is 13.2 Å². The van der Waals surface area contributed by atoms with Crippen LogP contribution in [-0.4, -0.2) is 19.1 Å². The quantitative estimate of drug-likeness (QED) is 0.815. The molecule has 0 aliphatic carbocycles. The summed E-state index contributed by atoms with van der Waals surface area (Å²) < 4.78 is 5.74. The molecule has 0 aliphatic heterocycles. The van der Waals surface area contributed by atoms with E-state index >= 15 is 0 Å². The highest BCUT2D eigenvalue weighted by molar-refractivity contribution is 5.77. The van der Waals surface area contributed by atoms with Crippen LogP contribution < -0.4 is 10.1 Å². The van der Waals surface area contributed by atoms with Gasteiger partial charge in [-0.05, 0) is 31.9 Å². The van der Waals surface area contributed by atoms with E-state index in [-0.39, 0.29) is 11.8 Å². The van der Waals surface area contributed by atoms with Gasteiger partial charge in [-0.3, -0.25) is 4.79 Å². The van der Waals surface area contributed by atoms with Crippen molar-refractivity contribution in [2.75, 3.05) is 13.2 Å². The molecule has 100 valence electrons. The van der Waals surface area contributed by atoms with Crippen LogP contribution in [0, 0.1) is 26.7 Å². The standard InChI is InChI=1S/C15H23NO2/c1-10(2)15(17)16-6-7-18-14-12(4)8-11(3)9-13(14)5/h8-10H,6-7H2,1-5H3,(H,16,17). The fourth-order valence-electron chi connectivity index (χ4n) is 1.93. The summed E-state index contributed by atoms with van der Waals surface area (Å²) in [6.07, 6.45) is 0. The third-order valence-electron chi connectivity index (χ3n) is 2.78. The van der Waals surface area contributed by atoms with Crippen molar-refractivity contribution in [3.63, 3.8) is 0 Å². The van der Waals surface area contributed by atoms with E-state index in [0.717, 1.165) is 16.9 Å². The minimum absolute atomic E-state index is 0.0212. The lowest BCUT2D eigenvalue weighted by molar-refractivity contribution is -0.124. The topological polar surface area (TPSA) is 38.3 Å². The number of nitrogens with one attached hydrogen (secondary N) is 1. The Bertz CT molecular complexity index is 401. The Morgan fingerprint density at radius 2 is 1.78 bits per heavy atom. The van der Waals surface area contributed by atoms with Crippen LogP contribution in [0.5, 0.6) is 5.75 Å². The van der Waals surface area contributed by atoms with E-state index in [1.165, 1.54) is 5.56 Å². The molecule has 0 aliphatic rings. The van der Waals surface area contributed by atoms with E-state index in [1.807, 2.05) is 27.7 Å². The molecule has 0 saturated carbocycles. The van der Waals surface area contributed by atoms with Crippen LogP contribution in [0.3, 0.4) is 0 Å². The Labute approximate surface area is 110 Å². The highest BCUT2D eigenvalue weighted by Gasteiger charge is 2.07. The van der Waals surface area contributed by atoms with E-state index in [2.05, 4.69) is 24.4 Å². The van der Waals surface area contributed by atoms with Gasteiger partial charge in [0.2, 0.25) is 5.91 Å². The first-order chi connectivity index (χ1) is 8.41. The third-order valence-corrected chi connectivity index (χ3v) is 2.78. The van der Waals surface area contributed by atoms with Gasteiger partial charge in [0.1, 0.15) is 12.4 Å². The van der Waals surface area contributed by atoms with Crippen molar-refractivity contribution in [3.8, 4) is 5.75 Å². The van der Waals surface area contributed by atoms with Crippen molar-refractivity contribution in [1.29, 1.82) is 0 Å². The molecule has 0 heterocycles. The van der Waals surface area contributed by atoms with Gasteiger partial charge in [-0.1, -0.05) is 31.5 Å². The number of carbonyl (C=O) groups is 1. The minimum Gasteiger partial charge on any atom is -0.491 e. The fraction of sp³-hybridized carbons (Fsp3) is 0.533. The predicted molar refractivity (Wildman–Crippen MR) is 74.0 cm³/mol. The number of benzene rings is 1. The molecule has 0 aromatic heterocycles.